The summed E-state index contributed by atoms with van der Waals surface area (Å²) < 4.78 is 1.94. The molecule has 1 aromatic carbocycles. The molecule has 112 valence electrons. The Hall–Kier alpha value is -1.68. The molecule has 0 bridgehead atoms. The van der Waals surface area contributed by atoms with Gasteiger partial charge in [-0.15, -0.1) is 0 Å². The molecule has 0 radical (unpaired) electrons. The van der Waals surface area contributed by atoms with Gasteiger partial charge in [0.1, 0.15) is 5.82 Å². The zero-order valence-electron chi connectivity index (χ0n) is 12.8. The Kier molecular flexibility index (Phi) is 4.34. The predicted octanol–water partition coefficient (Wildman–Crippen LogP) is 2.91. The molecule has 1 aromatic heterocycles. The van der Waals surface area contributed by atoms with E-state index in [9.17, 15) is 0 Å². The van der Waals surface area contributed by atoms with Crippen LogP contribution in [-0.4, -0.2) is 14.8 Å². The Bertz CT molecular complexity index is 597. The van der Waals surface area contributed by atoms with Gasteiger partial charge in [0.05, 0.1) is 0 Å². The minimum absolute atomic E-state index is 0.559. The molecule has 0 saturated heterocycles. The summed E-state index contributed by atoms with van der Waals surface area (Å²) in [6.07, 6.45) is 7.28. The third-order valence-corrected chi connectivity index (χ3v) is 4.53. The normalized spacial score (nSPS) is 16.3. The van der Waals surface area contributed by atoms with Gasteiger partial charge in [0.2, 0.25) is 0 Å². The molecule has 3 rings (SSSR count). The molecule has 2 N–H and O–H groups in total. The SMILES string of the molecule is Cn1nc(C2CCCCC2)nc1Cc1ccccc1CN. The maximum absolute atomic E-state index is 5.82. The van der Waals surface area contributed by atoms with Gasteiger partial charge >= 0.3 is 0 Å². The quantitative estimate of drug-likeness (QED) is 0.939. The first-order valence-corrected chi connectivity index (χ1v) is 7.94. The van der Waals surface area contributed by atoms with Crippen LogP contribution in [0.2, 0.25) is 0 Å². The van der Waals surface area contributed by atoms with E-state index in [0.29, 0.717) is 12.5 Å². The van der Waals surface area contributed by atoms with Gasteiger partial charge in [-0.2, -0.15) is 5.10 Å². The third kappa shape index (κ3) is 3.16. The van der Waals surface area contributed by atoms with E-state index in [1.165, 1.54) is 43.2 Å². The van der Waals surface area contributed by atoms with Gasteiger partial charge in [0.15, 0.2) is 5.82 Å². The Labute approximate surface area is 126 Å². The molecule has 1 aliphatic rings. The zero-order chi connectivity index (χ0) is 14.7. The fourth-order valence-electron chi connectivity index (χ4n) is 3.23. The summed E-state index contributed by atoms with van der Waals surface area (Å²) in [6.45, 7) is 0.573. The predicted molar refractivity (Wildman–Crippen MR) is 84.0 cm³/mol. The van der Waals surface area contributed by atoms with Crippen molar-refractivity contribution in [2.45, 2.75) is 51.0 Å². The molecule has 1 aliphatic carbocycles. The summed E-state index contributed by atoms with van der Waals surface area (Å²) in [4.78, 5) is 4.82. The van der Waals surface area contributed by atoms with Crippen molar-refractivity contribution < 1.29 is 0 Å². The second-order valence-electron chi connectivity index (χ2n) is 5.99. The van der Waals surface area contributed by atoms with Crippen LogP contribution >= 0.6 is 0 Å². The van der Waals surface area contributed by atoms with Crippen LogP contribution < -0.4 is 5.73 Å². The van der Waals surface area contributed by atoms with Crippen molar-refractivity contribution in [3.05, 3.63) is 47.0 Å². The molecule has 4 nitrogen and oxygen atoms in total. The van der Waals surface area contributed by atoms with Gasteiger partial charge in [0, 0.05) is 25.9 Å². The van der Waals surface area contributed by atoms with E-state index in [1.807, 2.05) is 17.8 Å². The highest BCUT2D eigenvalue weighted by Gasteiger charge is 2.21. The van der Waals surface area contributed by atoms with Gasteiger partial charge in [0.25, 0.3) is 0 Å². The molecule has 4 heteroatoms. The number of nitrogens with zero attached hydrogens (tertiary/aromatic N) is 3. The number of rotatable bonds is 4. The maximum Gasteiger partial charge on any atom is 0.154 e. The van der Waals surface area contributed by atoms with E-state index < -0.39 is 0 Å². The van der Waals surface area contributed by atoms with Crippen molar-refractivity contribution in [3.8, 4) is 0 Å². The average Bonchev–Trinajstić information content (AvgIpc) is 2.90. The van der Waals surface area contributed by atoms with Gasteiger partial charge < -0.3 is 5.73 Å². The van der Waals surface area contributed by atoms with E-state index in [1.54, 1.807) is 0 Å². The number of aryl methyl sites for hydroxylation is 1. The second kappa shape index (κ2) is 6.39. The van der Waals surface area contributed by atoms with Crippen molar-refractivity contribution in [2.75, 3.05) is 0 Å². The van der Waals surface area contributed by atoms with Crippen LogP contribution in [-0.2, 0) is 20.0 Å². The first-order chi connectivity index (χ1) is 10.3. The fraction of sp³-hybridized carbons (Fsp3) is 0.529. The molecule has 0 spiro atoms. The molecule has 0 atom stereocenters. The molecule has 0 unspecified atom stereocenters. The summed E-state index contributed by atoms with van der Waals surface area (Å²) in [5.41, 5.74) is 8.27. The Morgan fingerprint density at radius 3 is 2.57 bits per heavy atom. The van der Waals surface area contributed by atoms with Crippen LogP contribution in [0.4, 0.5) is 0 Å². The van der Waals surface area contributed by atoms with Gasteiger partial charge in [-0.3, -0.25) is 4.68 Å². The first kappa shape index (κ1) is 14.3. The number of nitrogens with two attached hydrogens (primary N) is 1. The van der Waals surface area contributed by atoms with Gasteiger partial charge in [-0.1, -0.05) is 43.5 Å². The third-order valence-electron chi connectivity index (χ3n) is 4.53. The van der Waals surface area contributed by atoms with Gasteiger partial charge in [-0.05, 0) is 24.0 Å². The minimum Gasteiger partial charge on any atom is -0.326 e. The van der Waals surface area contributed by atoms with Crippen LogP contribution in [0.15, 0.2) is 24.3 Å². The summed E-state index contributed by atoms with van der Waals surface area (Å²) in [5.74, 6) is 2.64. The van der Waals surface area contributed by atoms with Crippen LogP contribution in [0.3, 0.4) is 0 Å². The van der Waals surface area contributed by atoms with Crippen molar-refractivity contribution in [1.29, 1.82) is 0 Å². The maximum atomic E-state index is 5.82. The lowest BCUT2D eigenvalue weighted by Crippen LogP contribution is -2.06. The van der Waals surface area contributed by atoms with Crippen molar-refractivity contribution >= 4 is 0 Å². The fourth-order valence-corrected chi connectivity index (χ4v) is 3.23. The average molecular weight is 284 g/mol. The summed E-state index contributed by atoms with van der Waals surface area (Å²) in [6, 6.07) is 8.33. The molecule has 0 amide bonds. The largest absolute Gasteiger partial charge is 0.326 e. The lowest BCUT2D eigenvalue weighted by molar-refractivity contribution is 0.427. The van der Waals surface area contributed by atoms with Crippen LogP contribution in [0.25, 0.3) is 0 Å². The van der Waals surface area contributed by atoms with Crippen molar-refractivity contribution in [3.63, 3.8) is 0 Å². The summed E-state index contributed by atoms with van der Waals surface area (Å²) in [5, 5.41) is 4.66. The number of benzene rings is 1. The Balaban J connectivity index is 1.81. The first-order valence-electron chi connectivity index (χ1n) is 7.94. The highest BCUT2D eigenvalue weighted by atomic mass is 15.3. The molecular weight excluding hydrogens is 260 g/mol. The smallest absolute Gasteiger partial charge is 0.154 e. The molecule has 1 heterocycles. The van der Waals surface area contributed by atoms with Crippen LogP contribution in [0.5, 0.6) is 0 Å². The minimum atomic E-state index is 0.559. The Morgan fingerprint density at radius 1 is 1.14 bits per heavy atom. The molecule has 0 aliphatic heterocycles. The van der Waals surface area contributed by atoms with Crippen LogP contribution in [0, 0.1) is 0 Å². The topological polar surface area (TPSA) is 56.7 Å². The van der Waals surface area contributed by atoms with Crippen molar-refractivity contribution in [1.82, 2.24) is 14.8 Å². The standard InChI is InChI=1S/C17H24N4/c1-21-16(11-14-9-5-6-10-15(14)12-18)19-17(20-21)13-7-3-2-4-8-13/h5-6,9-10,13H,2-4,7-8,11-12,18H2,1H3. The number of hydrogen-bond donors (Lipinski definition) is 1. The number of aromatic nitrogens is 3. The highest BCUT2D eigenvalue weighted by Crippen LogP contribution is 2.30. The van der Waals surface area contributed by atoms with E-state index in [2.05, 4.69) is 23.3 Å². The lowest BCUT2D eigenvalue weighted by atomic mass is 9.89. The van der Waals surface area contributed by atoms with E-state index in [4.69, 9.17) is 10.7 Å². The second-order valence-corrected chi connectivity index (χ2v) is 5.99. The van der Waals surface area contributed by atoms with Crippen LogP contribution in [0.1, 0.15) is 60.8 Å². The molecule has 21 heavy (non-hydrogen) atoms. The molecule has 1 saturated carbocycles. The molecule has 1 fully saturated rings. The van der Waals surface area contributed by atoms with Gasteiger partial charge in [-0.25, -0.2) is 4.98 Å². The number of hydrogen-bond acceptors (Lipinski definition) is 3. The van der Waals surface area contributed by atoms with E-state index >= 15 is 0 Å². The zero-order valence-corrected chi connectivity index (χ0v) is 12.8. The Morgan fingerprint density at radius 2 is 1.86 bits per heavy atom. The monoisotopic (exact) mass is 284 g/mol. The van der Waals surface area contributed by atoms with Crippen molar-refractivity contribution in [2.24, 2.45) is 12.8 Å². The molecular formula is C17H24N4. The lowest BCUT2D eigenvalue weighted by Gasteiger charge is -2.18. The highest BCUT2D eigenvalue weighted by molar-refractivity contribution is 5.29. The summed E-state index contributed by atoms with van der Waals surface area (Å²) in [7, 11) is 2.00. The summed E-state index contributed by atoms with van der Waals surface area (Å²) >= 11 is 0. The van der Waals surface area contributed by atoms with E-state index in [-0.39, 0.29) is 0 Å². The molecule has 2 aromatic rings. The van der Waals surface area contributed by atoms with E-state index in [0.717, 1.165) is 18.1 Å².